The Hall–Kier alpha value is -1.90. The number of benzene rings is 3. The van der Waals surface area contributed by atoms with Crippen LogP contribution in [0.15, 0.2) is 83.3 Å². The highest BCUT2D eigenvalue weighted by Crippen LogP contribution is 2.29. The van der Waals surface area contributed by atoms with E-state index in [9.17, 15) is 4.79 Å². The number of carbonyl (C=O) groups is 1. The summed E-state index contributed by atoms with van der Waals surface area (Å²) in [6.07, 6.45) is 0. The van der Waals surface area contributed by atoms with E-state index in [2.05, 4.69) is 28.1 Å². The largest absolute Gasteiger partial charge is 0.280 e. The van der Waals surface area contributed by atoms with Gasteiger partial charge in [0, 0.05) is 4.47 Å². The minimum atomic E-state index is -0.433. The van der Waals surface area contributed by atoms with Crippen molar-refractivity contribution in [3.8, 4) is 11.1 Å². The molecule has 3 aromatic rings. The third-order valence-corrected chi connectivity index (χ3v) is 4.53. The molecule has 0 spiro atoms. The van der Waals surface area contributed by atoms with Crippen molar-refractivity contribution < 1.29 is 4.79 Å². The van der Waals surface area contributed by atoms with Gasteiger partial charge >= 0.3 is 0 Å². The van der Waals surface area contributed by atoms with Crippen LogP contribution < -0.4 is 0 Å². The SMILES string of the molecule is O=C(Cl)C(c1ccccc1)c1ccc(-c2ccc(Br)cc2)cc1. The van der Waals surface area contributed by atoms with Crippen molar-refractivity contribution in [1.29, 1.82) is 0 Å². The van der Waals surface area contributed by atoms with E-state index >= 15 is 0 Å². The van der Waals surface area contributed by atoms with Crippen LogP contribution in [0.1, 0.15) is 17.0 Å². The molecule has 0 heterocycles. The highest BCUT2D eigenvalue weighted by atomic mass is 79.9. The zero-order chi connectivity index (χ0) is 16.2. The fourth-order valence-electron chi connectivity index (χ4n) is 2.61. The van der Waals surface area contributed by atoms with E-state index in [1.54, 1.807) is 0 Å². The molecule has 0 aromatic heterocycles. The predicted molar refractivity (Wildman–Crippen MR) is 98.7 cm³/mol. The minimum absolute atomic E-state index is 0.368. The summed E-state index contributed by atoms with van der Waals surface area (Å²) in [7, 11) is 0. The maximum Gasteiger partial charge on any atom is 0.233 e. The van der Waals surface area contributed by atoms with Crippen LogP contribution >= 0.6 is 27.5 Å². The van der Waals surface area contributed by atoms with Gasteiger partial charge in [0.2, 0.25) is 5.24 Å². The number of hydrogen-bond donors (Lipinski definition) is 0. The molecule has 3 rings (SSSR count). The average Bonchev–Trinajstić information content (AvgIpc) is 2.57. The lowest BCUT2D eigenvalue weighted by Crippen LogP contribution is -2.08. The molecule has 0 amide bonds. The molecule has 0 aliphatic carbocycles. The highest BCUT2D eigenvalue weighted by molar-refractivity contribution is 9.10. The molecule has 0 aliphatic heterocycles. The molecule has 1 nitrogen and oxygen atoms in total. The predicted octanol–water partition coefficient (Wildman–Crippen LogP) is 6.01. The number of hydrogen-bond acceptors (Lipinski definition) is 1. The van der Waals surface area contributed by atoms with Gasteiger partial charge in [0.15, 0.2) is 0 Å². The van der Waals surface area contributed by atoms with Gasteiger partial charge in [-0.2, -0.15) is 0 Å². The lowest BCUT2D eigenvalue weighted by Gasteiger charge is -2.14. The number of carbonyl (C=O) groups excluding carboxylic acids is 1. The highest BCUT2D eigenvalue weighted by Gasteiger charge is 2.20. The molecule has 0 saturated carbocycles. The van der Waals surface area contributed by atoms with Gasteiger partial charge in [-0.3, -0.25) is 4.79 Å². The van der Waals surface area contributed by atoms with Crippen molar-refractivity contribution in [2.75, 3.05) is 0 Å². The van der Waals surface area contributed by atoms with Gasteiger partial charge in [-0.25, -0.2) is 0 Å². The number of halogens is 2. The number of rotatable bonds is 4. The second-order valence-electron chi connectivity index (χ2n) is 5.28. The van der Waals surface area contributed by atoms with E-state index < -0.39 is 5.92 Å². The summed E-state index contributed by atoms with van der Waals surface area (Å²) in [6, 6.07) is 25.7. The Balaban J connectivity index is 1.94. The molecule has 0 N–H and O–H groups in total. The first kappa shape index (κ1) is 16.0. The molecule has 23 heavy (non-hydrogen) atoms. The van der Waals surface area contributed by atoms with Gasteiger partial charge in [0.25, 0.3) is 0 Å². The summed E-state index contributed by atoms with van der Waals surface area (Å²) in [5, 5.41) is -0.368. The summed E-state index contributed by atoms with van der Waals surface area (Å²) in [4.78, 5) is 11.9. The van der Waals surface area contributed by atoms with Crippen LogP contribution in [0.25, 0.3) is 11.1 Å². The molecule has 0 radical (unpaired) electrons. The van der Waals surface area contributed by atoms with E-state index in [1.807, 2.05) is 66.7 Å². The third-order valence-electron chi connectivity index (χ3n) is 3.78. The fraction of sp³-hybridized carbons (Fsp3) is 0.0500. The van der Waals surface area contributed by atoms with Crippen LogP contribution in [-0.2, 0) is 4.79 Å². The topological polar surface area (TPSA) is 17.1 Å². The van der Waals surface area contributed by atoms with Crippen molar-refractivity contribution in [2.45, 2.75) is 5.92 Å². The van der Waals surface area contributed by atoms with Crippen LogP contribution in [-0.4, -0.2) is 5.24 Å². The lowest BCUT2D eigenvalue weighted by molar-refractivity contribution is -0.112. The van der Waals surface area contributed by atoms with E-state index in [1.165, 1.54) is 0 Å². The second-order valence-corrected chi connectivity index (χ2v) is 6.56. The molecule has 0 aliphatic rings. The van der Waals surface area contributed by atoms with Gasteiger partial charge in [-0.05, 0) is 46.0 Å². The molecule has 114 valence electrons. The lowest BCUT2D eigenvalue weighted by atomic mass is 9.91. The zero-order valence-corrected chi connectivity index (χ0v) is 14.6. The monoisotopic (exact) mass is 384 g/mol. The average molecular weight is 386 g/mol. The first-order valence-corrected chi connectivity index (χ1v) is 8.42. The maximum atomic E-state index is 11.9. The van der Waals surface area contributed by atoms with Crippen LogP contribution in [0.2, 0.25) is 0 Å². The summed E-state index contributed by atoms with van der Waals surface area (Å²) in [5.41, 5.74) is 4.05. The van der Waals surface area contributed by atoms with Gasteiger partial charge < -0.3 is 0 Å². The van der Waals surface area contributed by atoms with Gasteiger partial charge in [0.05, 0.1) is 5.92 Å². The molecule has 0 fully saturated rings. The van der Waals surface area contributed by atoms with Crippen LogP contribution in [0.4, 0.5) is 0 Å². The first-order valence-electron chi connectivity index (χ1n) is 7.25. The van der Waals surface area contributed by atoms with Gasteiger partial charge in [-0.15, -0.1) is 0 Å². The molecular weight excluding hydrogens is 372 g/mol. The van der Waals surface area contributed by atoms with Gasteiger partial charge in [-0.1, -0.05) is 82.7 Å². The molecular formula is C20H14BrClO. The zero-order valence-electron chi connectivity index (χ0n) is 12.2. The van der Waals surface area contributed by atoms with E-state index in [0.29, 0.717) is 0 Å². The Morgan fingerprint density at radius 1 is 0.739 bits per heavy atom. The maximum absolute atomic E-state index is 11.9. The Labute approximate surface area is 149 Å². The Morgan fingerprint density at radius 2 is 1.22 bits per heavy atom. The minimum Gasteiger partial charge on any atom is -0.280 e. The Bertz CT molecular complexity index is 795. The molecule has 3 heteroatoms. The molecule has 1 unspecified atom stereocenters. The molecule has 0 saturated heterocycles. The summed E-state index contributed by atoms with van der Waals surface area (Å²) >= 11 is 9.28. The second kappa shape index (κ2) is 7.12. The van der Waals surface area contributed by atoms with Crippen molar-refractivity contribution in [3.05, 3.63) is 94.5 Å². The molecule has 1 atom stereocenters. The van der Waals surface area contributed by atoms with Gasteiger partial charge in [0.1, 0.15) is 0 Å². The van der Waals surface area contributed by atoms with Crippen LogP contribution in [0.3, 0.4) is 0 Å². The van der Waals surface area contributed by atoms with Crippen molar-refractivity contribution >= 4 is 32.8 Å². The Kier molecular flexibility index (Phi) is 4.94. The first-order chi connectivity index (χ1) is 11.1. The molecule has 0 bridgehead atoms. The van der Waals surface area contributed by atoms with Crippen LogP contribution in [0.5, 0.6) is 0 Å². The summed E-state index contributed by atoms with van der Waals surface area (Å²) in [6.45, 7) is 0. The van der Waals surface area contributed by atoms with E-state index in [4.69, 9.17) is 11.6 Å². The standard InChI is InChI=1S/C20H14BrClO/c21-18-12-10-15(11-13-18)14-6-8-17(9-7-14)19(20(22)23)16-4-2-1-3-5-16/h1-13,19H. The normalized spacial score (nSPS) is 11.9. The molecule has 3 aromatic carbocycles. The van der Waals surface area contributed by atoms with E-state index in [0.717, 1.165) is 26.7 Å². The van der Waals surface area contributed by atoms with E-state index in [-0.39, 0.29) is 5.24 Å². The van der Waals surface area contributed by atoms with Crippen molar-refractivity contribution in [2.24, 2.45) is 0 Å². The Morgan fingerprint density at radius 3 is 1.74 bits per heavy atom. The smallest absolute Gasteiger partial charge is 0.233 e. The summed E-state index contributed by atoms with van der Waals surface area (Å²) in [5.74, 6) is -0.433. The van der Waals surface area contributed by atoms with Crippen molar-refractivity contribution in [3.63, 3.8) is 0 Å². The fourth-order valence-corrected chi connectivity index (χ4v) is 3.13. The summed E-state index contributed by atoms with van der Waals surface area (Å²) < 4.78 is 1.05. The third kappa shape index (κ3) is 3.72. The quantitative estimate of drug-likeness (QED) is 0.502. The van der Waals surface area contributed by atoms with Crippen LogP contribution in [0, 0.1) is 0 Å². The van der Waals surface area contributed by atoms with Crippen molar-refractivity contribution in [1.82, 2.24) is 0 Å².